The first kappa shape index (κ1) is 15.4. The van der Waals surface area contributed by atoms with Gasteiger partial charge in [0.05, 0.1) is 23.6 Å². The van der Waals surface area contributed by atoms with Gasteiger partial charge in [-0.15, -0.1) is 5.10 Å². The van der Waals surface area contributed by atoms with Crippen LogP contribution in [0.3, 0.4) is 0 Å². The van der Waals surface area contributed by atoms with Crippen LogP contribution in [0.5, 0.6) is 0 Å². The molecule has 6 nitrogen and oxygen atoms in total. The molecule has 3 rings (SSSR count). The van der Waals surface area contributed by atoms with Crippen LogP contribution in [0.4, 0.5) is 0 Å². The van der Waals surface area contributed by atoms with Crippen LogP contribution in [0, 0.1) is 6.92 Å². The van der Waals surface area contributed by atoms with E-state index in [4.69, 9.17) is 0 Å². The average molecular weight is 372 g/mol. The third-order valence-electron chi connectivity index (χ3n) is 3.34. The molecule has 3 aromatic rings. The fourth-order valence-electron chi connectivity index (χ4n) is 2.12. The van der Waals surface area contributed by atoms with E-state index in [0.717, 1.165) is 15.9 Å². The Morgan fingerprint density at radius 1 is 1.22 bits per heavy atom. The Hall–Kier alpha value is -2.54. The zero-order valence-corrected chi connectivity index (χ0v) is 14.0. The average Bonchev–Trinajstić information content (AvgIpc) is 2.96. The molecule has 0 saturated heterocycles. The van der Waals surface area contributed by atoms with Crippen LogP contribution in [-0.2, 0) is 6.54 Å². The number of carbonyl (C=O) groups is 1. The molecule has 1 aromatic carbocycles. The molecule has 0 saturated carbocycles. The van der Waals surface area contributed by atoms with Gasteiger partial charge in [-0.25, -0.2) is 4.68 Å². The molecule has 116 valence electrons. The summed E-state index contributed by atoms with van der Waals surface area (Å²) in [5, 5.41) is 10.9. The lowest BCUT2D eigenvalue weighted by Crippen LogP contribution is -2.24. The first-order valence-corrected chi connectivity index (χ1v) is 7.81. The van der Waals surface area contributed by atoms with Crippen LogP contribution in [-0.4, -0.2) is 25.9 Å². The van der Waals surface area contributed by atoms with E-state index in [1.165, 1.54) is 0 Å². The van der Waals surface area contributed by atoms with Gasteiger partial charge in [0.1, 0.15) is 0 Å². The summed E-state index contributed by atoms with van der Waals surface area (Å²) in [4.78, 5) is 16.4. The number of rotatable bonds is 4. The van der Waals surface area contributed by atoms with Gasteiger partial charge in [-0.3, -0.25) is 9.78 Å². The third kappa shape index (κ3) is 3.45. The molecule has 0 unspecified atom stereocenters. The number of benzene rings is 1. The predicted octanol–water partition coefficient (Wildman–Crippen LogP) is 2.66. The zero-order valence-electron chi connectivity index (χ0n) is 12.4. The van der Waals surface area contributed by atoms with Gasteiger partial charge >= 0.3 is 0 Å². The summed E-state index contributed by atoms with van der Waals surface area (Å²) >= 11 is 3.39. The maximum absolute atomic E-state index is 12.3. The van der Waals surface area contributed by atoms with E-state index in [2.05, 4.69) is 36.5 Å². The molecular weight excluding hydrogens is 358 g/mol. The van der Waals surface area contributed by atoms with Crippen molar-refractivity contribution in [3.63, 3.8) is 0 Å². The molecule has 23 heavy (non-hydrogen) atoms. The number of carbonyl (C=O) groups excluding carboxylic acids is 1. The summed E-state index contributed by atoms with van der Waals surface area (Å²) in [5.41, 5.74) is 2.63. The molecule has 0 aliphatic heterocycles. The monoisotopic (exact) mass is 371 g/mol. The molecule has 0 aliphatic rings. The van der Waals surface area contributed by atoms with Crippen molar-refractivity contribution in [2.45, 2.75) is 13.5 Å². The fourth-order valence-corrected chi connectivity index (χ4v) is 2.39. The minimum Gasteiger partial charge on any atom is -0.345 e. The van der Waals surface area contributed by atoms with Gasteiger partial charge in [0.15, 0.2) is 5.69 Å². The molecule has 1 amide bonds. The number of nitrogens with one attached hydrogen (secondary N) is 1. The summed E-state index contributed by atoms with van der Waals surface area (Å²) in [5.74, 6) is -0.267. The number of pyridine rings is 1. The first-order chi connectivity index (χ1) is 11.1. The summed E-state index contributed by atoms with van der Waals surface area (Å²) in [6, 6.07) is 13.2. The summed E-state index contributed by atoms with van der Waals surface area (Å²) in [6.45, 7) is 2.17. The molecule has 2 heterocycles. The molecule has 0 bridgehead atoms. The van der Waals surface area contributed by atoms with Crippen molar-refractivity contribution in [1.82, 2.24) is 25.3 Å². The molecule has 0 atom stereocenters. The van der Waals surface area contributed by atoms with E-state index >= 15 is 0 Å². The molecule has 0 radical (unpaired) electrons. The second-order valence-corrected chi connectivity index (χ2v) is 5.83. The predicted molar refractivity (Wildman–Crippen MR) is 89.2 cm³/mol. The zero-order chi connectivity index (χ0) is 16.2. The molecular formula is C16H14BrN5O. The highest BCUT2D eigenvalue weighted by molar-refractivity contribution is 9.10. The number of hydrogen-bond donors (Lipinski definition) is 1. The Morgan fingerprint density at radius 2 is 2.00 bits per heavy atom. The number of aromatic nitrogens is 4. The Bertz CT molecular complexity index is 814. The van der Waals surface area contributed by atoms with Crippen LogP contribution < -0.4 is 5.32 Å². The lowest BCUT2D eigenvalue weighted by atomic mass is 10.2. The normalized spacial score (nSPS) is 10.5. The van der Waals surface area contributed by atoms with Crippen LogP contribution in [0.1, 0.15) is 21.9 Å². The van der Waals surface area contributed by atoms with E-state index in [1.807, 2.05) is 49.4 Å². The number of halogens is 1. The van der Waals surface area contributed by atoms with Gasteiger partial charge in [0.25, 0.3) is 5.91 Å². The number of hydrogen-bond acceptors (Lipinski definition) is 4. The largest absolute Gasteiger partial charge is 0.345 e. The SMILES string of the molecule is Cc1c(C(=O)NCc2ccccn2)nnn1-c1ccc(Br)cc1. The Morgan fingerprint density at radius 3 is 2.70 bits per heavy atom. The summed E-state index contributed by atoms with van der Waals surface area (Å²) in [7, 11) is 0. The van der Waals surface area contributed by atoms with Crippen molar-refractivity contribution in [2.75, 3.05) is 0 Å². The van der Waals surface area contributed by atoms with E-state index in [1.54, 1.807) is 10.9 Å². The van der Waals surface area contributed by atoms with Crippen LogP contribution in [0.15, 0.2) is 53.1 Å². The highest BCUT2D eigenvalue weighted by atomic mass is 79.9. The standard InChI is InChI=1S/C16H14BrN5O/c1-11-15(16(23)19-10-13-4-2-3-9-18-13)20-21-22(11)14-7-5-12(17)6-8-14/h2-9H,10H2,1H3,(H,19,23). The molecule has 2 aromatic heterocycles. The van der Waals surface area contributed by atoms with Gasteiger partial charge in [0.2, 0.25) is 0 Å². The molecule has 7 heteroatoms. The molecule has 1 N–H and O–H groups in total. The second kappa shape index (κ2) is 6.70. The molecule has 0 aliphatic carbocycles. The number of nitrogens with zero attached hydrogens (tertiary/aromatic N) is 4. The van der Waals surface area contributed by atoms with Crippen molar-refractivity contribution < 1.29 is 4.79 Å². The highest BCUT2D eigenvalue weighted by Gasteiger charge is 2.17. The Labute approximate surface area is 141 Å². The summed E-state index contributed by atoms with van der Waals surface area (Å²) < 4.78 is 2.62. The maximum Gasteiger partial charge on any atom is 0.274 e. The minimum absolute atomic E-state index is 0.267. The Balaban J connectivity index is 1.76. The van der Waals surface area contributed by atoms with Crippen molar-refractivity contribution >= 4 is 21.8 Å². The van der Waals surface area contributed by atoms with Gasteiger partial charge in [-0.2, -0.15) is 0 Å². The van der Waals surface area contributed by atoms with E-state index in [0.29, 0.717) is 17.9 Å². The van der Waals surface area contributed by atoms with Crippen molar-refractivity contribution in [3.8, 4) is 5.69 Å². The fraction of sp³-hybridized carbons (Fsp3) is 0.125. The minimum atomic E-state index is -0.267. The van der Waals surface area contributed by atoms with Crippen LogP contribution in [0.25, 0.3) is 5.69 Å². The third-order valence-corrected chi connectivity index (χ3v) is 3.87. The van der Waals surface area contributed by atoms with Crippen molar-refractivity contribution in [3.05, 3.63) is 70.2 Å². The van der Waals surface area contributed by atoms with Gasteiger partial charge < -0.3 is 5.32 Å². The Kier molecular flexibility index (Phi) is 4.47. The van der Waals surface area contributed by atoms with E-state index < -0.39 is 0 Å². The topological polar surface area (TPSA) is 72.7 Å². The lowest BCUT2D eigenvalue weighted by Gasteiger charge is -2.05. The second-order valence-electron chi connectivity index (χ2n) is 4.92. The van der Waals surface area contributed by atoms with Gasteiger partial charge in [-0.1, -0.05) is 27.2 Å². The van der Waals surface area contributed by atoms with Crippen LogP contribution >= 0.6 is 15.9 Å². The molecule has 0 fully saturated rings. The van der Waals surface area contributed by atoms with Crippen LogP contribution in [0.2, 0.25) is 0 Å². The quantitative estimate of drug-likeness (QED) is 0.764. The van der Waals surface area contributed by atoms with E-state index in [-0.39, 0.29) is 5.91 Å². The smallest absolute Gasteiger partial charge is 0.274 e. The summed E-state index contributed by atoms with van der Waals surface area (Å²) in [6.07, 6.45) is 1.69. The molecule has 0 spiro atoms. The maximum atomic E-state index is 12.3. The highest BCUT2D eigenvalue weighted by Crippen LogP contribution is 2.16. The van der Waals surface area contributed by atoms with E-state index in [9.17, 15) is 4.79 Å². The first-order valence-electron chi connectivity index (χ1n) is 7.01. The van der Waals surface area contributed by atoms with Gasteiger partial charge in [-0.05, 0) is 43.3 Å². The van der Waals surface area contributed by atoms with Crippen molar-refractivity contribution in [1.29, 1.82) is 0 Å². The van der Waals surface area contributed by atoms with Crippen molar-refractivity contribution in [2.24, 2.45) is 0 Å². The van der Waals surface area contributed by atoms with Gasteiger partial charge in [0, 0.05) is 10.7 Å². The number of amides is 1. The lowest BCUT2D eigenvalue weighted by molar-refractivity contribution is 0.0944.